The first-order chi connectivity index (χ1) is 10.5. The number of nitrogens with zero attached hydrogens (tertiary/aromatic N) is 1. The minimum Gasteiger partial charge on any atom is -0.493 e. The summed E-state index contributed by atoms with van der Waals surface area (Å²) in [5.74, 6) is 0.189. The molecule has 0 aliphatic rings. The summed E-state index contributed by atoms with van der Waals surface area (Å²) in [6, 6.07) is 4.76. The molecular formula is C15H22F2N2O3. The van der Waals surface area contributed by atoms with Gasteiger partial charge in [0.05, 0.1) is 13.7 Å². The normalized spacial score (nSPS) is 10.9. The molecule has 7 heteroatoms. The van der Waals surface area contributed by atoms with E-state index in [2.05, 4.69) is 10.1 Å². The van der Waals surface area contributed by atoms with Gasteiger partial charge in [0.25, 0.3) is 0 Å². The molecule has 0 bridgehead atoms. The molecule has 1 amide bonds. The molecule has 0 aromatic heterocycles. The number of likely N-dealkylation sites (N-methyl/N-ethyl adjacent to an activating group) is 2. The maximum atomic E-state index is 12.3. The van der Waals surface area contributed by atoms with E-state index >= 15 is 0 Å². The lowest BCUT2D eigenvalue weighted by Crippen LogP contribution is -2.36. The Morgan fingerprint density at radius 2 is 2.05 bits per heavy atom. The van der Waals surface area contributed by atoms with E-state index in [9.17, 15) is 13.6 Å². The lowest BCUT2D eigenvalue weighted by molar-refractivity contribution is -0.122. The van der Waals surface area contributed by atoms with Crippen molar-refractivity contribution in [1.29, 1.82) is 0 Å². The number of methoxy groups -OCH3 is 1. The molecule has 1 aromatic rings. The van der Waals surface area contributed by atoms with Gasteiger partial charge in [0.2, 0.25) is 5.91 Å². The van der Waals surface area contributed by atoms with Gasteiger partial charge in [-0.2, -0.15) is 8.78 Å². The Balaban J connectivity index is 2.77. The lowest BCUT2D eigenvalue weighted by atomic mass is 10.2. The summed E-state index contributed by atoms with van der Waals surface area (Å²) in [7, 11) is 1.39. The van der Waals surface area contributed by atoms with Crippen LogP contribution in [0.3, 0.4) is 0 Å². The molecule has 5 nitrogen and oxygen atoms in total. The van der Waals surface area contributed by atoms with Crippen molar-refractivity contribution in [2.75, 3.05) is 26.7 Å². The Labute approximate surface area is 129 Å². The van der Waals surface area contributed by atoms with E-state index in [1.165, 1.54) is 13.2 Å². The average Bonchev–Trinajstić information content (AvgIpc) is 2.47. The zero-order valence-corrected chi connectivity index (χ0v) is 13.1. The zero-order valence-electron chi connectivity index (χ0n) is 13.1. The van der Waals surface area contributed by atoms with Crippen LogP contribution in [0, 0.1) is 0 Å². The number of halogens is 2. The van der Waals surface area contributed by atoms with Crippen molar-refractivity contribution in [1.82, 2.24) is 10.2 Å². The molecule has 124 valence electrons. The van der Waals surface area contributed by atoms with Gasteiger partial charge in [0.1, 0.15) is 0 Å². The van der Waals surface area contributed by atoms with E-state index in [1.807, 2.05) is 18.7 Å². The van der Waals surface area contributed by atoms with Crippen molar-refractivity contribution in [2.24, 2.45) is 0 Å². The molecule has 0 saturated heterocycles. The molecular weight excluding hydrogens is 294 g/mol. The number of amides is 1. The molecule has 0 heterocycles. The first-order valence-corrected chi connectivity index (χ1v) is 7.10. The van der Waals surface area contributed by atoms with Crippen molar-refractivity contribution in [3.63, 3.8) is 0 Å². The van der Waals surface area contributed by atoms with Gasteiger partial charge in [-0.05, 0) is 31.2 Å². The largest absolute Gasteiger partial charge is 0.493 e. The van der Waals surface area contributed by atoms with Crippen LogP contribution in [-0.2, 0) is 11.3 Å². The van der Waals surface area contributed by atoms with Crippen LogP contribution in [0.15, 0.2) is 18.2 Å². The first kappa shape index (κ1) is 18.2. The number of hydrogen-bond acceptors (Lipinski definition) is 4. The number of hydrogen-bond donors (Lipinski definition) is 1. The van der Waals surface area contributed by atoms with Crippen LogP contribution in [-0.4, -0.2) is 44.2 Å². The maximum Gasteiger partial charge on any atom is 0.387 e. The Morgan fingerprint density at radius 3 is 2.59 bits per heavy atom. The summed E-state index contributed by atoms with van der Waals surface area (Å²) in [5, 5.41) is 2.74. The van der Waals surface area contributed by atoms with E-state index in [-0.39, 0.29) is 24.0 Å². The fourth-order valence-electron chi connectivity index (χ4n) is 2.00. The fraction of sp³-hybridized carbons (Fsp3) is 0.533. The summed E-state index contributed by atoms with van der Waals surface area (Å²) < 4.78 is 34.0. The maximum absolute atomic E-state index is 12.3. The Morgan fingerprint density at radius 1 is 1.32 bits per heavy atom. The van der Waals surface area contributed by atoms with Crippen LogP contribution in [0.25, 0.3) is 0 Å². The Bertz CT molecular complexity index is 484. The summed E-state index contributed by atoms with van der Waals surface area (Å²) in [5.41, 5.74) is 0.851. The predicted octanol–water partition coefficient (Wildman–Crippen LogP) is 2.25. The van der Waals surface area contributed by atoms with Crippen molar-refractivity contribution >= 4 is 5.91 Å². The fourth-order valence-corrected chi connectivity index (χ4v) is 2.00. The molecule has 0 saturated carbocycles. The molecule has 0 atom stereocenters. The third-order valence-corrected chi connectivity index (χ3v) is 3.04. The topological polar surface area (TPSA) is 50.8 Å². The van der Waals surface area contributed by atoms with Gasteiger partial charge in [-0.15, -0.1) is 0 Å². The molecule has 0 unspecified atom stereocenters. The van der Waals surface area contributed by atoms with Crippen molar-refractivity contribution in [3.05, 3.63) is 23.8 Å². The van der Waals surface area contributed by atoms with E-state index < -0.39 is 6.61 Å². The molecule has 0 aliphatic carbocycles. The number of rotatable bonds is 9. The third-order valence-electron chi connectivity index (χ3n) is 3.04. The molecule has 0 radical (unpaired) electrons. The highest BCUT2D eigenvalue weighted by Crippen LogP contribution is 2.29. The number of ether oxygens (including phenoxy) is 2. The van der Waals surface area contributed by atoms with Crippen LogP contribution in [0.4, 0.5) is 8.78 Å². The summed E-state index contributed by atoms with van der Waals surface area (Å²) in [6.07, 6.45) is 0. The number of benzene rings is 1. The molecule has 22 heavy (non-hydrogen) atoms. The highest BCUT2D eigenvalue weighted by molar-refractivity contribution is 5.77. The molecule has 0 spiro atoms. The predicted molar refractivity (Wildman–Crippen MR) is 79.3 cm³/mol. The molecule has 1 N–H and O–H groups in total. The summed E-state index contributed by atoms with van der Waals surface area (Å²) in [6.45, 7) is 2.98. The van der Waals surface area contributed by atoms with Gasteiger partial charge in [-0.25, -0.2) is 0 Å². The number of nitrogens with one attached hydrogen (secondary N) is 1. The van der Waals surface area contributed by atoms with Gasteiger partial charge in [0.15, 0.2) is 11.5 Å². The smallest absolute Gasteiger partial charge is 0.387 e. The molecule has 0 fully saturated rings. The highest BCUT2D eigenvalue weighted by Gasteiger charge is 2.13. The van der Waals surface area contributed by atoms with Crippen molar-refractivity contribution in [3.8, 4) is 11.5 Å². The van der Waals surface area contributed by atoms with Crippen LogP contribution >= 0.6 is 0 Å². The lowest BCUT2D eigenvalue weighted by Gasteiger charge is -2.20. The van der Waals surface area contributed by atoms with Gasteiger partial charge in [-0.3, -0.25) is 9.69 Å². The Hall–Kier alpha value is -1.89. The number of carbonyl (C=O) groups excluding carboxylic acids is 1. The van der Waals surface area contributed by atoms with Crippen LogP contribution in [0.2, 0.25) is 0 Å². The summed E-state index contributed by atoms with van der Waals surface area (Å²) >= 11 is 0. The van der Waals surface area contributed by atoms with E-state index in [0.29, 0.717) is 19.6 Å². The monoisotopic (exact) mass is 316 g/mol. The average molecular weight is 316 g/mol. The Kier molecular flexibility index (Phi) is 7.59. The molecule has 0 aliphatic heterocycles. The van der Waals surface area contributed by atoms with Crippen LogP contribution in [0.1, 0.15) is 19.4 Å². The number of carbonyl (C=O) groups is 1. The standard InChI is InChI=1S/C15H22F2N2O3/c1-4-18-14(20)10-19(5-2)9-11-6-7-12(22-15(16)17)13(8-11)21-3/h6-8,15H,4-5,9-10H2,1-3H3,(H,18,20). The van der Waals surface area contributed by atoms with Crippen LogP contribution < -0.4 is 14.8 Å². The second kappa shape index (κ2) is 9.19. The number of alkyl halides is 2. The first-order valence-electron chi connectivity index (χ1n) is 7.10. The molecule has 1 rings (SSSR count). The van der Waals surface area contributed by atoms with Crippen molar-refractivity contribution in [2.45, 2.75) is 27.0 Å². The minimum atomic E-state index is -2.90. The van der Waals surface area contributed by atoms with E-state index in [4.69, 9.17) is 4.74 Å². The van der Waals surface area contributed by atoms with Gasteiger partial charge < -0.3 is 14.8 Å². The van der Waals surface area contributed by atoms with E-state index in [0.717, 1.165) is 5.56 Å². The second-order valence-corrected chi connectivity index (χ2v) is 4.62. The second-order valence-electron chi connectivity index (χ2n) is 4.62. The van der Waals surface area contributed by atoms with Gasteiger partial charge in [-0.1, -0.05) is 13.0 Å². The zero-order chi connectivity index (χ0) is 16.5. The highest BCUT2D eigenvalue weighted by atomic mass is 19.3. The third kappa shape index (κ3) is 5.85. The quantitative estimate of drug-likeness (QED) is 0.759. The SMILES string of the molecule is CCNC(=O)CN(CC)Cc1ccc(OC(F)F)c(OC)c1. The van der Waals surface area contributed by atoms with Gasteiger partial charge in [0, 0.05) is 13.1 Å². The molecule has 1 aromatic carbocycles. The van der Waals surface area contributed by atoms with Crippen LogP contribution in [0.5, 0.6) is 11.5 Å². The summed E-state index contributed by atoms with van der Waals surface area (Å²) in [4.78, 5) is 13.6. The minimum absolute atomic E-state index is 0.00646. The van der Waals surface area contributed by atoms with Gasteiger partial charge >= 0.3 is 6.61 Å². The van der Waals surface area contributed by atoms with Crippen molar-refractivity contribution < 1.29 is 23.0 Å². The van der Waals surface area contributed by atoms with E-state index in [1.54, 1.807) is 12.1 Å².